The minimum atomic E-state index is -0.226. The second-order valence-electron chi connectivity index (χ2n) is 6.24. The lowest BCUT2D eigenvalue weighted by atomic mass is 10.1. The number of benzene rings is 2. The van der Waals surface area contributed by atoms with E-state index in [9.17, 15) is 4.79 Å². The van der Waals surface area contributed by atoms with Crippen molar-refractivity contribution in [1.29, 1.82) is 0 Å². The summed E-state index contributed by atoms with van der Waals surface area (Å²) in [7, 11) is 0. The number of amides is 1. The number of hydrogen-bond acceptors (Lipinski definition) is 4. The van der Waals surface area contributed by atoms with Crippen LogP contribution in [0.25, 0.3) is 22.7 Å². The predicted octanol–water partition coefficient (Wildman–Crippen LogP) is 5.41. The Balaban J connectivity index is 1.67. The molecule has 1 amide bonds. The molecule has 134 valence electrons. The van der Waals surface area contributed by atoms with E-state index in [2.05, 4.69) is 15.3 Å². The van der Waals surface area contributed by atoms with Gasteiger partial charge in [0, 0.05) is 28.0 Å². The first kappa shape index (κ1) is 17.2. The Kier molecular flexibility index (Phi) is 4.38. The van der Waals surface area contributed by atoms with Gasteiger partial charge in [0.15, 0.2) is 11.2 Å². The number of rotatable bonds is 3. The fourth-order valence-corrected chi connectivity index (χ4v) is 3.00. The van der Waals surface area contributed by atoms with Crippen molar-refractivity contribution in [2.75, 3.05) is 5.32 Å². The summed E-state index contributed by atoms with van der Waals surface area (Å²) in [5.74, 6) is 0.243. The molecule has 2 aromatic heterocycles. The first-order valence-corrected chi connectivity index (χ1v) is 8.80. The molecule has 0 saturated heterocycles. The van der Waals surface area contributed by atoms with Gasteiger partial charge in [-0.25, -0.2) is 4.98 Å². The number of nitrogens with one attached hydrogen (secondary N) is 1. The van der Waals surface area contributed by atoms with Gasteiger partial charge in [-0.3, -0.25) is 4.79 Å². The zero-order chi connectivity index (χ0) is 19.0. The van der Waals surface area contributed by atoms with Crippen LogP contribution in [0.1, 0.15) is 21.5 Å². The number of fused-ring (bicyclic) bond motifs is 1. The quantitative estimate of drug-likeness (QED) is 0.518. The Morgan fingerprint density at radius 2 is 1.96 bits per heavy atom. The number of pyridine rings is 1. The zero-order valence-corrected chi connectivity index (χ0v) is 15.5. The minimum absolute atomic E-state index is 0.226. The van der Waals surface area contributed by atoms with E-state index in [0.29, 0.717) is 33.4 Å². The third-order valence-corrected chi connectivity index (χ3v) is 4.82. The van der Waals surface area contributed by atoms with Crippen molar-refractivity contribution in [3.8, 4) is 11.5 Å². The number of aromatic nitrogens is 2. The SMILES string of the molecule is Cc1ccc(C(=O)Nc2cccc(-c3nc4ncccc4o3)c2C)cc1Cl. The minimum Gasteiger partial charge on any atom is -0.434 e. The fourth-order valence-electron chi connectivity index (χ4n) is 2.82. The molecule has 1 N–H and O–H groups in total. The van der Waals surface area contributed by atoms with E-state index < -0.39 is 0 Å². The molecule has 0 saturated carbocycles. The van der Waals surface area contributed by atoms with Gasteiger partial charge >= 0.3 is 0 Å². The maximum atomic E-state index is 12.6. The third kappa shape index (κ3) is 3.29. The molecule has 0 fully saturated rings. The summed E-state index contributed by atoms with van der Waals surface area (Å²) in [6.45, 7) is 3.81. The van der Waals surface area contributed by atoms with Crippen molar-refractivity contribution >= 4 is 34.4 Å². The Morgan fingerprint density at radius 1 is 1.11 bits per heavy atom. The molecule has 0 aliphatic carbocycles. The molecule has 4 rings (SSSR count). The van der Waals surface area contributed by atoms with E-state index in [1.54, 1.807) is 24.4 Å². The first-order chi connectivity index (χ1) is 13.0. The van der Waals surface area contributed by atoms with Crippen molar-refractivity contribution in [2.24, 2.45) is 0 Å². The number of halogens is 1. The van der Waals surface area contributed by atoms with Crippen LogP contribution < -0.4 is 5.32 Å². The molecule has 2 aromatic carbocycles. The van der Waals surface area contributed by atoms with E-state index in [0.717, 1.165) is 16.7 Å². The predicted molar refractivity (Wildman–Crippen MR) is 106 cm³/mol. The molecule has 0 spiro atoms. The Bertz CT molecular complexity index is 1130. The van der Waals surface area contributed by atoms with E-state index >= 15 is 0 Å². The van der Waals surface area contributed by atoms with Gasteiger partial charge < -0.3 is 9.73 Å². The Hall–Kier alpha value is -3.18. The summed E-state index contributed by atoms with van der Waals surface area (Å²) < 4.78 is 5.80. The van der Waals surface area contributed by atoms with Gasteiger partial charge in [-0.05, 0) is 61.4 Å². The summed E-state index contributed by atoms with van der Waals surface area (Å²) in [5, 5.41) is 3.50. The molecule has 0 aliphatic rings. The van der Waals surface area contributed by atoms with Crippen molar-refractivity contribution < 1.29 is 9.21 Å². The monoisotopic (exact) mass is 377 g/mol. The van der Waals surface area contributed by atoms with E-state index in [4.69, 9.17) is 16.0 Å². The van der Waals surface area contributed by atoms with Crippen LogP contribution in [0.15, 0.2) is 59.1 Å². The topological polar surface area (TPSA) is 68.0 Å². The highest BCUT2D eigenvalue weighted by molar-refractivity contribution is 6.31. The maximum absolute atomic E-state index is 12.6. The van der Waals surface area contributed by atoms with Gasteiger partial charge in [-0.2, -0.15) is 4.98 Å². The first-order valence-electron chi connectivity index (χ1n) is 8.42. The number of anilines is 1. The largest absolute Gasteiger partial charge is 0.434 e. The normalized spacial score (nSPS) is 10.9. The van der Waals surface area contributed by atoms with Gasteiger partial charge in [0.25, 0.3) is 5.91 Å². The van der Waals surface area contributed by atoms with Gasteiger partial charge in [0.2, 0.25) is 5.89 Å². The van der Waals surface area contributed by atoms with Crippen LogP contribution in [0.4, 0.5) is 5.69 Å². The molecule has 5 nitrogen and oxygen atoms in total. The Morgan fingerprint density at radius 3 is 2.74 bits per heavy atom. The molecule has 27 heavy (non-hydrogen) atoms. The molecular formula is C21H16ClN3O2. The number of hydrogen-bond donors (Lipinski definition) is 1. The second kappa shape index (κ2) is 6.85. The summed E-state index contributed by atoms with van der Waals surface area (Å²) in [6.07, 6.45) is 1.67. The smallest absolute Gasteiger partial charge is 0.255 e. The number of oxazole rings is 1. The molecule has 6 heteroatoms. The summed E-state index contributed by atoms with van der Waals surface area (Å²) in [5.41, 5.74) is 4.94. The van der Waals surface area contributed by atoms with E-state index in [1.807, 2.05) is 44.2 Å². The summed E-state index contributed by atoms with van der Waals surface area (Å²) >= 11 is 6.13. The standard InChI is InChI=1S/C21H16ClN3O2/c1-12-8-9-14(11-16(12)22)20(26)24-17-6-3-5-15(13(17)2)21-25-19-18(27-21)7-4-10-23-19/h3-11H,1-2H3,(H,24,26). The highest BCUT2D eigenvalue weighted by atomic mass is 35.5. The average molecular weight is 378 g/mol. The van der Waals surface area contributed by atoms with E-state index in [1.165, 1.54) is 0 Å². The molecule has 0 unspecified atom stereocenters. The molecule has 0 bridgehead atoms. The lowest BCUT2D eigenvalue weighted by molar-refractivity contribution is 0.102. The maximum Gasteiger partial charge on any atom is 0.255 e. The molecular weight excluding hydrogens is 362 g/mol. The van der Waals surface area contributed by atoms with Crippen LogP contribution in [-0.4, -0.2) is 15.9 Å². The molecule has 4 aromatic rings. The van der Waals surface area contributed by atoms with Crippen molar-refractivity contribution in [3.63, 3.8) is 0 Å². The van der Waals surface area contributed by atoms with Crippen LogP contribution in [0.2, 0.25) is 5.02 Å². The van der Waals surface area contributed by atoms with E-state index in [-0.39, 0.29) is 5.91 Å². The molecule has 2 heterocycles. The van der Waals surface area contributed by atoms with Crippen LogP contribution >= 0.6 is 11.6 Å². The van der Waals surface area contributed by atoms with Crippen LogP contribution in [-0.2, 0) is 0 Å². The van der Waals surface area contributed by atoms with Gasteiger partial charge in [0.1, 0.15) is 0 Å². The third-order valence-electron chi connectivity index (χ3n) is 4.41. The summed E-state index contributed by atoms with van der Waals surface area (Å²) in [6, 6.07) is 14.5. The summed E-state index contributed by atoms with van der Waals surface area (Å²) in [4.78, 5) is 21.2. The highest BCUT2D eigenvalue weighted by Gasteiger charge is 2.15. The fraction of sp³-hybridized carbons (Fsp3) is 0.0952. The molecule has 0 atom stereocenters. The van der Waals surface area contributed by atoms with Crippen LogP contribution in [0, 0.1) is 13.8 Å². The second-order valence-corrected chi connectivity index (χ2v) is 6.65. The lowest BCUT2D eigenvalue weighted by Crippen LogP contribution is -2.13. The van der Waals surface area contributed by atoms with Gasteiger partial charge in [0.05, 0.1) is 0 Å². The zero-order valence-electron chi connectivity index (χ0n) is 14.8. The van der Waals surface area contributed by atoms with Crippen molar-refractivity contribution in [1.82, 2.24) is 9.97 Å². The van der Waals surface area contributed by atoms with Crippen LogP contribution in [0.3, 0.4) is 0 Å². The number of carbonyl (C=O) groups excluding carboxylic acids is 1. The Labute approximate surface area is 161 Å². The number of aryl methyl sites for hydroxylation is 1. The number of nitrogens with zero attached hydrogens (tertiary/aromatic N) is 2. The highest BCUT2D eigenvalue weighted by Crippen LogP contribution is 2.30. The molecule has 0 radical (unpaired) electrons. The van der Waals surface area contributed by atoms with Crippen molar-refractivity contribution in [3.05, 3.63) is 76.4 Å². The lowest BCUT2D eigenvalue weighted by Gasteiger charge is -2.11. The van der Waals surface area contributed by atoms with Crippen LogP contribution in [0.5, 0.6) is 0 Å². The number of carbonyl (C=O) groups is 1. The van der Waals surface area contributed by atoms with Gasteiger partial charge in [-0.15, -0.1) is 0 Å². The average Bonchev–Trinajstić information content (AvgIpc) is 3.09. The van der Waals surface area contributed by atoms with Crippen molar-refractivity contribution in [2.45, 2.75) is 13.8 Å². The molecule has 0 aliphatic heterocycles. The van der Waals surface area contributed by atoms with Gasteiger partial charge in [-0.1, -0.05) is 23.7 Å².